The first-order valence-corrected chi connectivity index (χ1v) is 3.10. The van der Waals surface area contributed by atoms with Gasteiger partial charge in [-0.2, -0.15) is 0 Å². The van der Waals surface area contributed by atoms with E-state index in [0.29, 0.717) is 0 Å². The quantitative estimate of drug-likeness (QED) is 0.519. The highest BCUT2D eigenvalue weighted by atomic mass is 14.6. The van der Waals surface area contributed by atoms with Gasteiger partial charge in [-0.05, 0) is 25.0 Å². The molecule has 1 aliphatic carbocycles. The number of allylic oxidation sites excluding steroid dienone is 5. The van der Waals surface area contributed by atoms with Gasteiger partial charge >= 0.3 is 0 Å². The Labute approximate surface area is 55.6 Å². The standard InChI is InChI=1S/C8H11N/c1-7-5-3-2-4-6-8(7)9/h3-6H,2,9H2,1H3. The Bertz CT molecular complexity index is 165. The van der Waals surface area contributed by atoms with E-state index in [-0.39, 0.29) is 0 Å². The third kappa shape index (κ3) is 1.46. The van der Waals surface area contributed by atoms with Crippen molar-refractivity contribution in [3.05, 3.63) is 35.6 Å². The molecule has 0 atom stereocenters. The van der Waals surface area contributed by atoms with E-state index in [9.17, 15) is 0 Å². The number of nitrogens with two attached hydrogens (primary N) is 1. The van der Waals surface area contributed by atoms with Crippen LogP contribution in [0.5, 0.6) is 0 Å². The summed E-state index contributed by atoms with van der Waals surface area (Å²) in [4.78, 5) is 0. The minimum atomic E-state index is 0.878. The molecule has 0 aromatic rings. The van der Waals surface area contributed by atoms with Crippen LogP contribution in [0.1, 0.15) is 13.3 Å². The van der Waals surface area contributed by atoms with Gasteiger partial charge in [0.2, 0.25) is 0 Å². The zero-order chi connectivity index (χ0) is 6.69. The second-order valence-electron chi connectivity index (χ2n) is 2.18. The number of rotatable bonds is 0. The molecule has 1 rings (SSSR count). The normalized spacial score (nSPS) is 18.3. The van der Waals surface area contributed by atoms with Gasteiger partial charge in [-0.1, -0.05) is 18.2 Å². The Balaban J connectivity index is 2.90. The summed E-state index contributed by atoms with van der Waals surface area (Å²) >= 11 is 0. The van der Waals surface area contributed by atoms with Crippen molar-refractivity contribution >= 4 is 0 Å². The Hall–Kier alpha value is -0.980. The van der Waals surface area contributed by atoms with Crippen LogP contribution < -0.4 is 5.73 Å². The van der Waals surface area contributed by atoms with Gasteiger partial charge in [0.25, 0.3) is 0 Å². The average molecular weight is 121 g/mol. The van der Waals surface area contributed by atoms with E-state index in [1.165, 1.54) is 0 Å². The predicted octanol–water partition coefficient (Wildman–Crippen LogP) is 1.74. The zero-order valence-electron chi connectivity index (χ0n) is 5.59. The van der Waals surface area contributed by atoms with Crippen LogP contribution in [0.15, 0.2) is 35.6 Å². The Morgan fingerprint density at radius 3 is 2.78 bits per heavy atom. The van der Waals surface area contributed by atoms with Crippen LogP contribution >= 0.6 is 0 Å². The first kappa shape index (κ1) is 6.14. The molecule has 0 bridgehead atoms. The average Bonchev–Trinajstić information content (AvgIpc) is 1.99. The molecule has 9 heavy (non-hydrogen) atoms. The lowest BCUT2D eigenvalue weighted by molar-refractivity contribution is 1.33. The lowest BCUT2D eigenvalue weighted by Gasteiger charge is -1.92. The largest absolute Gasteiger partial charge is 0.399 e. The van der Waals surface area contributed by atoms with E-state index in [1.54, 1.807) is 0 Å². The zero-order valence-corrected chi connectivity index (χ0v) is 5.59. The highest BCUT2D eigenvalue weighted by molar-refractivity contribution is 5.31. The summed E-state index contributed by atoms with van der Waals surface area (Å²) in [7, 11) is 0. The third-order valence-corrected chi connectivity index (χ3v) is 1.39. The second-order valence-corrected chi connectivity index (χ2v) is 2.18. The molecule has 2 N–H and O–H groups in total. The number of hydrogen-bond acceptors (Lipinski definition) is 1. The maximum absolute atomic E-state index is 5.62. The van der Waals surface area contributed by atoms with Gasteiger partial charge in [0.15, 0.2) is 0 Å². The third-order valence-electron chi connectivity index (χ3n) is 1.39. The molecular weight excluding hydrogens is 110 g/mol. The van der Waals surface area contributed by atoms with Crippen molar-refractivity contribution in [2.75, 3.05) is 0 Å². The Kier molecular flexibility index (Phi) is 1.73. The Morgan fingerprint density at radius 1 is 1.33 bits per heavy atom. The molecule has 1 nitrogen and oxygen atoms in total. The van der Waals surface area contributed by atoms with Crippen molar-refractivity contribution in [2.24, 2.45) is 5.73 Å². The summed E-state index contributed by atoms with van der Waals surface area (Å²) in [6.45, 7) is 2.02. The van der Waals surface area contributed by atoms with Crippen molar-refractivity contribution in [2.45, 2.75) is 13.3 Å². The SMILES string of the molecule is CC1=C(N)C=CCC=C1. The van der Waals surface area contributed by atoms with Crippen LogP contribution in [0.25, 0.3) is 0 Å². The van der Waals surface area contributed by atoms with Crippen molar-refractivity contribution < 1.29 is 0 Å². The Morgan fingerprint density at radius 2 is 2.00 bits per heavy atom. The second kappa shape index (κ2) is 2.53. The molecule has 0 aliphatic heterocycles. The highest BCUT2D eigenvalue weighted by Gasteiger charge is 1.90. The van der Waals surface area contributed by atoms with Crippen LogP contribution in [0, 0.1) is 0 Å². The van der Waals surface area contributed by atoms with Gasteiger partial charge in [-0.15, -0.1) is 0 Å². The first-order valence-electron chi connectivity index (χ1n) is 3.10. The smallest absolute Gasteiger partial charge is 0.0340 e. The van der Waals surface area contributed by atoms with E-state index in [4.69, 9.17) is 5.73 Å². The summed E-state index contributed by atoms with van der Waals surface area (Å²) in [5.41, 5.74) is 7.65. The molecule has 1 aliphatic rings. The molecule has 0 heterocycles. The first-order chi connectivity index (χ1) is 4.30. The molecule has 0 aromatic heterocycles. The van der Waals surface area contributed by atoms with Crippen LogP contribution in [0.2, 0.25) is 0 Å². The summed E-state index contributed by atoms with van der Waals surface area (Å²) in [6, 6.07) is 0. The molecule has 0 amide bonds. The van der Waals surface area contributed by atoms with Crippen molar-refractivity contribution in [1.29, 1.82) is 0 Å². The minimum Gasteiger partial charge on any atom is -0.399 e. The fourth-order valence-corrected chi connectivity index (χ4v) is 0.746. The molecule has 0 saturated carbocycles. The molecule has 0 radical (unpaired) electrons. The molecule has 0 saturated heterocycles. The van der Waals surface area contributed by atoms with E-state index < -0.39 is 0 Å². The van der Waals surface area contributed by atoms with Gasteiger partial charge < -0.3 is 5.73 Å². The molecule has 0 fully saturated rings. The lowest BCUT2D eigenvalue weighted by Crippen LogP contribution is -1.94. The van der Waals surface area contributed by atoms with Gasteiger partial charge in [0.1, 0.15) is 0 Å². The molecule has 0 unspecified atom stereocenters. The minimum absolute atomic E-state index is 0.878. The molecule has 0 aromatic carbocycles. The van der Waals surface area contributed by atoms with E-state index in [2.05, 4.69) is 18.2 Å². The van der Waals surface area contributed by atoms with Crippen molar-refractivity contribution in [1.82, 2.24) is 0 Å². The fraction of sp³-hybridized carbons (Fsp3) is 0.250. The van der Waals surface area contributed by atoms with Gasteiger partial charge in [-0.25, -0.2) is 0 Å². The lowest BCUT2D eigenvalue weighted by atomic mass is 10.2. The van der Waals surface area contributed by atoms with Gasteiger partial charge in [0, 0.05) is 5.70 Å². The van der Waals surface area contributed by atoms with Crippen molar-refractivity contribution in [3.8, 4) is 0 Å². The fourth-order valence-electron chi connectivity index (χ4n) is 0.746. The molecular formula is C8H11N. The summed E-state index contributed by atoms with van der Waals surface area (Å²) in [5.74, 6) is 0. The maximum Gasteiger partial charge on any atom is 0.0340 e. The van der Waals surface area contributed by atoms with Crippen LogP contribution in [0.4, 0.5) is 0 Å². The number of hydrogen-bond donors (Lipinski definition) is 1. The monoisotopic (exact) mass is 121 g/mol. The van der Waals surface area contributed by atoms with E-state index in [0.717, 1.165) is 17.7 Å². The summed E-state index contributed by atoms with van der Waals surface area (Å²) in [6.07, 6.45) is 9.16. The van der Waals surface area contributed by atoms with Crippen molar-refractivity contribution in [3.63, 3.8) is 0 Å². The maximum atomic E-state index is 5.62. The summed E-state index contributed by atoms with van der Waals surface area (Å²) in [5, 5.41) is 0. The van der Waals surface area contributed by atoms with E-state index >= 15 is 0 Å². The van der Waals surface area contributed by atoms with Gasteiger partial charge in [0.05, 0.1) is 0 Å². The predicted molar refractivity (Wildman–Crippen MR) is 39.8 cm³/mol. The molecule has 48 valence electrons. The summed E-state index contributed by atoms with van der Waals surface area (Å²) < 4.78 is 0. The van der Waals surface area contributed by atoms with Crippen LogP contribution in [-0.2, 0) is 0 Å². The highest BCUT2D eigenvalue weighted by Crippen LogP contribution is 2.06. The molecule has 0 spiro atoms. The van der Waals surface area contributed by atoms with Crippen LogP contribution in [-0.4, -0.2) is 0 Å². The van der Waals surface area contributed by atoms with E-state index in [1.807, 2.05) is 13.0 Å². The van der Waals surface area contributed by atoms with Gasteiger partial charge in [-0.3, -0.25) is 0 Å². The topological polar surface area (TPSA) is 26.0 Å². The molecule has 1 heteroatoms. The van der Waals surface area contributed by atoms with Crippen LogP contribution in [0.3, 0.4) is 0 Å².